The van der Waals surface area contributed by atoms with E-state index in [-0.39, 0.29) is 26.1 Å². The maximum absolute atomic E-state index is 12.8. The quantitative estimate of drug-likeness (QED) is 0.0211. The van der Waals surface area contributed by atoms with Gasteiger partial charge in [0.1, 0.15) is 19.8 Å². The van der Waals surface area contributed by atoms with Crippen molar-refractivity contribution in [2.45, 2.75) is 219 Å². The molecule has 0 fully saturated rings. The van der Waals surface area contributed by atoms with Crippen LogP contribution in [-0.4, -0.2) is 74.9 Å². The molecule has 0 amide bonds. The number of nitrogens with zero attached hydrogens (tertiary/aromatic N) is 1. The number of esters is 2. The Morgan fingerprint density at radius 2 is 0.722 bits per heavy atom. The number of phosphoric acid groups is 1. The van der Waals surface area contributed by atoms with Crippen molar-refractivity contribution in [3.05, 3.63) is 158 Å². The van der Waals surface area contributed by atoms with E-state index < -0.39 is 32.5 Å². The Hall–Kier alpha value is -4.37. The first-order valence-corrected chi connectivity index (χ1v) is 32.2. The molecule has 0 saturated carbocycles. The van der Waals surface area contributed by atoms with E-state index >= 15 is 0 Å². The molecule has 0 aliphatic heterocycles. The Kier molecular flexibility index (Phi) is 55.1. The normalized spacial score (nSPS) is 14.4. The minimum Gasteiger partial charge on any atom is -0.462 e. The predicted molar refractivity (Wildman–Crippen MR) is 339 cm³/mol. The van der Waals surface area contributed by atoms with E-state index in [0.29, 0.717) is 23.9 Å². The fourth-order valence-electron chi connectivity index (χ4n) is 7.56. The van der Waals surface area contributed by atoms with Gasteiger partial charge in [-0.15, -0.1) is 0 Å². The molecule has 0 aromatic carbocycles. The monoisotopic (exact) mass is 1110 g/mol. The van der Waals surface area contributed by atoms with Crippen LogP contribution in [0.2, 0.25) is 0 Å². The van der Waals surface area contributed by atoms with Crippen molar-refractivity contribution in [2.75, 3.05) is 47.5 Å². The lowest BCUT2D eigenvalue weighted by molar-refractivity contribution is -0.870. The summed E-state index contributed by atoms with van der Waals surface area (Å²) in [6, 6.07) is 0. The van der Waals surface area contributed by atoms with Gasteiger partial charge < -0.3 is 18.9 Å². The standard InChI is InChI=1S/C69H112NO8P/c1-6-8-10-12-14-16-18-20-22-23-24-25-26-27-28-29-30-31-32-33-34-35-36-37-38-39-40-41-42-43-44-45-46-47-48-50-52-54-56-58-60-62-69(72)78-67(66-77-79(73,74)76-64-63-70(3,4)5)65-75-68(71)61-59-57-55-53-51-49-21-19-17-15-13-11-9-7-2/h8,10,13-16,19-22,24-25,27-28,30-31,33-34,36-37,39-40,42-43,45-46,67H,6-7,9,11-12,17-18,23,26,29,32,35,38,41,44,47-66H2,1-5H3/p+1/b10-8-,15-13-,16-14-,21-19-,22-20-,25-24-,28-27-,31-30-,34-33-,37-36-,40-39-,43-42-,46-45-. The Balaban J connectivity index is 4.14. The van der Waals surface area contributed by atoms with Gasteiger partial charge in [-0.1, -0.05) is 236 Å². The molecule has 79 heavy (non-hydrogen) atoms. The number of hydrogen-bond acceptors (Lipinski definition) is 7. The average molecular weight is 1120 g/mol. The highest BCUT2D eigenvalue weighted by atomic mass is 31.2. The number of carbonyl (C=O) groups is 2. The Labute approximate surface area is 484 Å². The highest BCUT2D eigenvalue weighted by molar-refractivity contribution is 7.47. The van der Waals surface area contributed by atoms with Gasteiger partial charge >= 0.3 is 19.8 Å². The van der Waals surface area contributed by atoms with E-state index in [2.05, 4.69) is 172 Å². The van der Waals surface area contributed by atoms with Crippen molar-refractivity contribution in [3.63, 3.8) is 0 Å². The molecule has 0 bridgehead atoms. The van der Waals surface area contributed by atoms with E-state index in [1.54, 1.807) is 0 Å². The maximum atomic E-state index is 12.8. The lowest BCUT2D eigenvalue weighted by Gasteiger charge is -2.24. The molecule has 2 atom stereocenters. The molecule has 10 heteroatoms. The van der Waals surface area contributed by atoms with Gasteiger partial charge in [0.2, 0.25) is 0 Å². The molecule has 0 aromatic heterocycles. The summed E-state index contributed by atoms with van der Waals surface area (Å²) < 4.78 is 34.5. The number of allylic oxidation sites excluding steroid dienone is 26. The van der Waals surface area contributed by atoms with Gasteiger partial charge in [-0.05, 0) is 122 Å². The van der Waals surface area contributed by atoms with Crippen LogP contribution >= 0.6 is 7.82 Å². The Morgan fingerprint density at radius 1 is 0.405 bits per heavy atom. The lowest BCUT2D eigenvalue weighted by Crippen LogP contribution is -2.37. The Morgan fingerprint density at radius 3 is 1.08 bits per heavy atom. The largest absolute Gasteiger partial charge is 0.472 e. The first kappa shape index (κ1) is 74.6. The molecule has 0 saturated heterocycles. The number of hydrogen-bond donors (Lipinski definition) is 1. The Bertz CT molecular complexity index is 1890. The minimum atomic E-state index is -4.40. The third-order valence-electron chi connectivity index (χ3n) is 12.3. The predicted octanol–water partition coefficient (Wildman–Crippen LogP) is 19.6. The molecule has 0 rings (SSSR count). The van der Waals surface area contributed by atoms with Crippen molar-refractivity contribution < 1.29 is 42.1 Å². The molecule has 446 valence electrons. The zero-order chi connectivity index (χ0) is 57.7. The second-order valence-corrected chi connectivity index (χ2v) is 22.5. The van der Waals surface area contributed by atoms with Gasteiger partial charge in [0.15, 0.2) is 6.10 Å². The van der Waals surface area contributed by atoms with Crippen LogP contribution in [0.15, 0.2) is 158 Å². The third kappa shape index (κ3) is 62.7. The van der Waals surface area contributed by atoms with Crippen LogP contribution in [0.5, 0.6) is 0 Å². The number of likely N-dealkylation sites (N-methyl/N-ethyl adjacent to an activating group) is 1. The average Bonchev–Trinajstić information content (AvgIpc) is 3.41. The highest BCUT2D eigenvalue weighted by Crippen LogP contribution is 2.43. The van der Waals surface area contributed by atoms with Crippen LogP contribution < -0.4 is 0 Å². The first-order chi connectivity index (χ1) is 38.5. The van der Waals surface area contributed by atoms with Crippen molar-refractivity contribution in [2.24, 2.45) is 0 Å². The number of phosphoric ester groups is 1. The van der Waals surface area contributed by atoms with E-state index in [1.165, 1.54) is 32.1 Å². The van der Waals surface area contributed by atoms with Crippen LogP contribution in [0.1, 0.15) is 213 Å². The number of quaternary nitrogens is 1. The van der Waals surface area contributed by atoms with Gasteiger partial charge in [-0.25, -0.2) is 4.57 Å². The fourth-order valence-corrected chi connectivity index (χ4v) is 8.31. The van der Waals surface area contributed by atoms with Gasteiger partial charge in [-0.3, -0.25) is 18.6 Å². The molecule has 0 heterocycles. The zero-order valence-electron chi connectivity index (χ0n) is 50.5. The second kappa shape index (κ2) is 58.3. The summed E-state index contributed by atoms with van der Waals surface area (Å²) in [5.41, 5.74) is 0. The SMILES string of the molecule is CC/C=C\C/C=C\C/C=C\C/C=C\C/C=C\C/C=C\C/C=C\C/C=C\C/C=C\C/C=C\C/C=C\CCCCCCCCCC(=O)OC(COC(=O)CCCCCCC/C=C\C/C=C\CCCC)COP(=O)(O)OCC[N+](C)(C)C. The van der Waals surface area contributed by atoms with E-state index in [9.17, 15) is 19.0 Å². The molecular formula is C69H113NO8P+. The fraction of sp³-hybridized carbons (Fsp3) is 0.594. The zero-order valence-corrected chi connectivity index (χ0v) is 51.4. The van der Waals surface area contributed by atoms with Crippen molar-refractivity contribution in [1.82, 2.24) is 0 Å². The second-order valence-electron chi connectivity index (χ2n) is 21.0. The molecular weight excluding hydrogens is 1000 g/mol. The molecule has 2 unspecified atom stereocenters. The summed E-state index contributed by atoms with van der Waals surface area (Å²) in [6.45, 7) is 4.22. The van der Waals surface area contributed by atoms with Crippen LogP contribution in [0.25, 0.3) is 0 Å². The van der Waals surface area contributed by atoms with Crippen LogP contribution in [-0.2, 0) is 32.7 Å². The number of ether oxygens (including phenoxy) is 2. The third-order valence-corrected chi connectivity index (χ3v) is 13.3. The van der Waals surface area contributed by atoms with Crippen LogP contribution in [0.4, 0.5) is 0 Å². The summed E-state index contributed by atoms with van der Waals surface area (Å²) in [5.74, 6) is -0.839. The van der Waals surface area contributed by atoms with Gasteiger partial charge in [-0.2, -0.15) is 0 Å². The molecule has 0 radical (unpaired) electrons. The molecule has 0 aromatic rings. The summed E-state index contributed by atoms with van der Waals surface area (Å²) >= 11 is 0. The summed E-state index contributed by atoms with van der Waals surface area (Å²) in [7, 11) is 1.44. The summed E-state index contributed by atoms with van der Waals surface area (Å²) in [5, 5.41) is 0. The summed E-state index contributed by atoms with van der Waals surface area (Å²) in [6.07, 6.45) is 87.5. The van der Waals surface area contributed by atoms with E-state index in [0.717, 1.165) is 141 Å². The smallest absolute Gasteiger partial charge is 0.462 e. The topological polar surface area (TPSA) is 108 Å². The number of rotatable bonds is 54. The van der Waals surface area contributed by atoms with Gasteiger partial charge in [0.05, 0.1) is 27.7 Å². The molecule has 0 aliphatic carbocycles. The van der Waals surface area contributed by atoms with Crippen molar-refractivity contribution in [1.29, 1.82) is 0 Å². The molecule has 9 nitrogen and oxygen atoms in total. The van der Waals surface area contributed by atoms with Crippen LogP contribution in [0, 0.1) is 0 Å². The molecule has 1 N–H and O–H groups in total. The molecule has 0 aliphatic rings. The number of unbranched alkanes of at least 4 members (excludes halogenated alkanes) is 14. The van der Waals surface area contributed by atoms with Crippen molar-refractivity contribution in [3.8, 4) is 0 Å². The van der Waals surface area contributed by atoms with Gasteiger partial charge in [0.25, 0.3) is 0 Å². The summed E-state index contributed by atoms with van der Waals surface area (Å²) in [4.78, 5) is 35.6. The molecule has 0 spiro atoms. The van der Waals surface area contributed by atoms with Crippen molar-refractivity contribution >= 4 is 19.8 Å². The van der Waals surface area contributed by atoms with Crippen LogP contribution in [0.3, 0.4) is 0 Å². The van der Waals surface area contributed by atoms with E-state index in [1.807, 2.05) is 21.1 Å². The van der Waals surface area contributed by atoms with E-state index in [4.69, 9.17) is 18.5 Å². The number of carbonyl (C=O) groups excluding carboxylic acids is 2. The first-order valence-electron chi connectivity index (χ1n) is 30.7. The van der Waals surface area contributed by atoms with Gasteiger partial charge in [0, 0.05) is 12.8 Å². The minimum absolute atomic E-state index is 0.0189. The highest BCUT2D eigenvalue weighted by Gasteiger charge is 2.27. The lowest BCUT2D eigenvalue weighted by atomic mass is 10.1. The maximum Gasteiger partial charge on any atom is 0.472 e.